The molecule has 1 heterocycles. The lowest BCUT2D eigenvalue weighted by Crippen LogP contribution is -2.47. The van der Waals surface area contributed by atoms with Crippen molar-refractivity contribution in [3.8, 4) is 5.75 Å². The van der Waals surface area contributed by atoms with Gasteiger partial charge in [-0.05, 0) is 25.0 Å². The van der Waals surface area contributed by atoms with Gasteiger partial charge in [0.2, 0.25) is 5.91 Å². The minimum absolute atomic E-state index is 0.00479. The predicted molar refractivity (Wildman–Crippen MR) is 57.8 cm³/mol. The number of rotatable bonds is 1. The Morgan fingerprint density at radius 3 is 2.93 bits per heavy atom. The molecule has 0 radical (unpaired) electrons. The summed E-state index contributed by atoms with van der Waals surface area (Å²) in [6.45, 7) is 3.52. The summed E-state index contributed by atoms with van der Waals surface area (Å²) in [4.78, 5) is 11.0. The van der Waals surface area contributed by atoms with E-state index in [1.807, 2.05) is 31.2 Å². The van der Waals surface area contributed by atoms with E-state index in [1.165, 1.54) is 6.92 Å². The van der Waals surface area contributed by atoms with Gasteiger partial charge in [0.05, 0.1) is 6.04 Å². The van der Waals surface area contributed by atoms with Gasteiger partial charge in [-0.3, -0.25) is 4.79 Å². The Morgan fingerprint density at radius 1 is 1.47 bits per heavy atom. The second-order valence-electron chi connectivity index (χ2n) is 3.94. The fourth-order valence-corrected chi connectivity index (χ4v) is 1.90. The maximum atomic E-state index is 11.0. The fourth-order valence-electron chi connectivity index (χ4n) is 1.90. The van der Waals surface area contributed by atoms with Gasteiger partial charge in [-0.15, -0.1) is 0 Å². The number of carbonyl (C=O) groups is 1. The molecule has 3 nitrogen and oxygen atoms in total. The number of carbonyl (C=O) groups excluding carboxylic acids is 1. The molecule has 2 atom stereocenters. The molecular formula is C12H15NO2. The van der Waals surface area contributed by atoms with Crippen molar-refractivity contribution >= 4 is 5.91 Å². The summed E-state index contributed by atoms with van der Waals surface area (Å²) in [5.41, 5.74) is 1.16. The van der Waals surface area contributed by atoms with Crippen molar-refractivity contribution in [2.75, 3.05) is 0 Å². The molecule has 1 aromatic carbocycles. The van der Waals surface area contributed by atoms with Gasteiger partial charge in [0.25, 0.3) is 0 Å². The first-order valence-electron chi connectivity index (χ1n) is 5.18. The van der Waals surface area contributed by atoms with Crippen LogP contribution in [0.15, 0.2) is 24.3 Å². The highest BCUT2D eigenvalue weighted by Crippen LogP contribution is 2.27. The Bertz CT molecular complexity index is 376. The van der Waals surface area contributed by atoms with Gasteiger partial charge in [0, 0.05) is 6.92 Å². The molecular weight excluding hydrogens is 190 g/mol. The van der Waals surface area contributed by atoms with Crippen LogP contribution in [-0.2, 0) is 11.2 Å². The van der Waals surface area contributed by atoms with Gasteiger partial charge in [-0.25, -0.2) is 0 Å². The lowest BCUT2D eigenvalue weighted by atomic mass is 9.98. The zero-order chi connectivity index (χ0) is 10.8. The summed E-state index contributed by atoms with van der Waals surface area (Å²) < 4.78 is 5.73. The van der Waals surface area contributed by atoms with Crippen LogP contribution in [0, 0.1) is 0 Å². The largest absolute Gasteiger partial charge is 0.488 e. The highest BCUT2D eigenvalue weighted by atomic mass is 16.5. The standard InChI is InChI=1S/C12H15NO2/c1-8-11(13-9(2)14)7-10-5-3-4-6-12(10)15-8/h3-6,8,11H,7H2,1-2H3,(H,13,14). The first-order valence-corrected chi connectivity index (χ1v) is 5.18. The molecule has 1 aromatic rings. The van der Waals surface area contributed by atoms with Crippen molar-refractivity contribution in [1.82, 2.24) is 5.32 Å². The van der Waals surface area contributed by atoms with E-state index in [0.29, 0.717) is 0 Å². The van der Waals surface area contributed by atoms with Crippen molar-refractivity contribution in [3.63, 3.8) is 0 Å². The molecule has 15 heavy (non-hydrogen) atoms. The number of fused-ring (bicyclic) bond motifs is 1. The topological polar surface area (TPSA) is 38.3 Å². The lowest BCUT2D eigenvalue weighted by molar-refractivity contribution is -0.120. The lowest BCUT2D eigenvalue weighted by Gasteiger charge is -2.31. The van der Waals surface area contributed by atoms with E-state index < -0.39 is 0 Å². The van der Waals surface area contributed by atoms with Crippen molar-refractivity contribution < 1.29 is 9.53 Å². The Hall–Kier alpha value is -1.51. The van der Waals surface area contributed by atoms with E-state index in [2.05, 4.69) is 5.32 Å². The van der Waals surface area contributed by atoms with Crippen LogP contribution in [0.25, 0.3) is 0 Å². The van der Waals surface area contributed by atoms with Crippen molar-refractivity contribution in [3.05, 3.63) is 29.8 Å². The van der Waals surface area contributed by atoms with Gasteiger partial charge < -0.3 is 10.1 Å². The number of nitrogens with one attached hydrogen (secondary N) is 1. The van der Waals surface area contributed by atoms with E-state index in [0.717, 1.165) is 17.7 Å². The van der Waals surface area contributed by atoms with Crippen LogP contribution in [0.2, 0.25) is 0 Å². The van der Waals surface area contributed by atoms with E-state index >= 15 is 0 Å². The summed E-state index contributed by atoms with van der Waals surface area (Å²) in [6, 6.07) is 8.04. The zero-order valence-corrected chi connectivity index (χ0v) is 8.99. The molecule has 0 saturated heterocycles. The molecule has 0 fully saturated rings. The SMILES string of the molecule is CC(=O)NC1Cc2ccccc2OC1C. The molecule has 3 heteroatoms. The molecule has 1 amide bonds. The van der Waals surface area contributed by atoms with Crippen LogP contribution < -0.4 is 10.1 Å². The highest BCUT2D eigenvalue weighted by molar-refractivity contribution is 5.73. The van der Waals surface area contributed by atoms with Crippen LogP contribution in [0.3, 0.4) is 0 Å². The number of ether oxygens (including phenoxy) is 1. The third-order valence-electron chi connectivity index (χ3n) is 2.68. The maximum absolute atomic E-state index is 11.0. The van der Waals surface area contributed by atoms with E-state index in [4.69, 9.17) is 4.74 Å². The molecule has 2 unspecified atom stereocenters. The molecule has 0 aliphatic carbocycles. The first kappa shape index (κ1) is 10.0. The summed E-state index contributed by atoms with van der Waals surface area (Å²) in [7, 11) is 0. The Morgan fingerprint density at radius 2 is 2.20 bits per heavy atom. The Labute approximate surface area is 89.4 Å². The van der Waals surface area contributed by atoms with Gasteiger partial charge in [0.1, 0.15) is 11.9 Å². The summed E-state index contributed by atoms with van der Waals surface area (Å²) in [5, 5.41) is 2.91. The molecule has 0 bridgehead atoms. The normalized spacial score (nSPS) is 23.9. The minimum Gasteiger partial charge on any atom is -0.488 e. The second-order valence-corrected chi connectivity index (χ2v) is 3.94. The van der Waals surface area contributed by atoms with Crippen LogP contribution >= 0.6 is 0 Å². The van der Waals surface area contributed by atoms with Gasteiger partial charge >= 0.3 is 0 Å². The monoisotopic (exact) mass is 205 g/mol. The number of hydrogen-bond acceptors (Lipinski definition) is 2. The zero-order valence-electron chi connectivity index (χ0n) is 8.99. The number of benzene rings is 1. The molecule has 1 aliphatic heterocycles. The van der Waals surface area contributed by atoms with Crippen LogP contribution in [-0.4, -0.2) is 18.1 Å². The molecule has 1 N–H and O–H groups in total. The minimum atomic E-state index is -0.00479. The predicted octanol–water partition coefficient (Wildman–Crippen LogP) is 1.51. The average Bonchev–Trinajstić information content (AvgIpc) is 2.18. The summed E-state index contributed by atoms with van der Waals surface area (Å²) in [6.07, 6.45) is 0.875. The number of para-hydroxylation sites is 1. The quantitative estimate of drug-likeness (QED) is 0.754. The third kappa shape index (κ3) is 2.12. The van der Waals surface area contributed by atoms with Crippen molar-refractivity contribution in [2.24, 2.45) is 0 Å². The summed E-state index contributed by atoms with van der Waals surface area (Å²) >= 11 is 0. The van der Waals surface area contributed by atoms with E-state index in [1.54, 1.807) is 0 Å². The van der Waals surface area contributed by atoms with Gasteiger partial charge in [-0.2, -0.15) is 0 Å². The van der Waals surface area contributed by atoms with Crippen molar-refractivity contribution in [2.45, 2.75) is 32.4 Å². The highest BCUT2D eigenvalue weighted by Gasteiger charge is 2.26. The van der Waals surface area contributed by atoms with Crippen molar-refractivity contribution in [1.29, 1.82) is 0 Å². The van der Waals surface area contributed by atoms with Crippen LogP contribution in [0.1, 0.15) is 19.4 Å². The molecule has 0 saturated carbocycles. The summed E-state index contributed by atoms with van der Waals surface area (Å²) in [5.74, 6) is 0.932. The Balaban J connectivity index is 2.18. The second kappa shape index (κ2) is 3.93. The van der Waals surface area contributed by atoms with Gasteiger partial charge in [-0.1, -0.05) is 18.2 Å². The van der Waals surface area contributed by atoms with E-state index in [9.17, 15) is 4.79 Å². The maximum Gasteiger partial charge on any atom is 0.217 e. The average molecular weight is 205 g/mol. The molecule has 2 rings (SSSR count). The smallest absolute Gasteiger partial charge is 0.217 e. The molecule has 1 aliphatic rings. The third-order valence-corrected chi connectivity index (χ3v) is 2.68. The Kier molecular flexibility index (Phi) is 2.62. The fraction of sp³-hybridized carbons (Fsp3) is 0.417. The van der Waals surface area contributed by atoms with Gasteiger partial charge in [0.15, 0.2) is 0 Å². The van der Waals surface area contributed by atoms with Crippen LogP contribution in [0.4, 0.5) is 0 Å². The van der Waals surface area contributed by atoms with Crippen LogP contribution in [0.5, 0.6) is 5.75 Å². The van der Waals surface area contributed by atoms with E-state index in [-0.39, 0.29) is 18.1 Å². The number of amides is 1. The number of hydrogen-bond donors (Lipinski definition) is 1. The molecule has 0 spiro atoms. The molecule has 80 valence electrons. The first-order chi connectivity index (χ1) is 7.16. The molecule has 0 aromatic heterocycles.